The van der Waals surface area contributed by atoms with E-state index in [0.29, 0.717) is 5.56 Å². The number of carbonyl (C=O) groups is 1. The average Bonchev–Trinajstić information content (AvgIpc) is 2.45. The summed E-state index contributed by atoms with van der Waals surface area (Å²) < 4.78 is 39.8. The van der Waals surface area contributed by atoms with Crippen molar-refractivity contribution in [2.75, 3.05) is 18.1 Å². The molecule has 1 heterocycles. The SMILES string of the molecule is O=C(NCc1ccc(OC(F)(F)F)cc1)C1CSCCN1. The van der Waals surface area contributed by atoms with Gasteiger partial charge in [-0.2, -0.15) is 11.8 Å². The zero-order valence-corrected chi connectivity index (χ0v) is 11.9. The molecular weight excluding hydrogens is 305 g/mol. The largest absolute Gasteiger partial charge is 0.573 e. The highest BCUT2D eigenvalue weighted by molar-refractivity contribution is 7.99. The first-order chi connectivity index (χ1) is 9.94. The van der Waals surface area contributed by atoms with E-state index in [0.717, 1.165) is 18.1 Å². The number of nitrogens with one attached hydrogen (secondary N) is 2. The fourth-order valence-corrected chi connectivity index (χ4v) is 2.79. The summed E-state index contributed by atoms with van der Waals surface area (Å²) in [6.07, 6.45) is -4.69. The molecule has 1 atom stereocenters. The molecule has 1 aromatic carbocycles. The number of alkyl halides is 3. The van der Waals surface area contributed by atoms with Crippen molar-refractivity contribution in [2.45, 2.75) is 18.9 Å². The van der Waals surface area contributed by atoms with E-state index in [9.17, 15) is 18.0 Å². The van der Waals surface area contributed by atoms with Crippen molar-refractivity contribution in [3.8, 4) is 5.75 Å². The van der Waals surface area contributed by atoms with Gasteiger partial charge in [0.2, 0.25) is 5.91 Å². The molecular formula is C13H15F3N2O2S. The predicted octanol–water partition coefficient (Wildman–Crippen LogP) is 1.91. The van der Waals surface area contributed by atoms with Gasteiger partial charge in [-0.3, -0.25) is 4.79 Å². The highest BCUT2D eigenvalue weighted by Gasteiger charge is 2.30. The smallest absolute Gasteiger partial charge is 0.406 e. The van der Waals surface area contributed by atoms with Crippen LogP contribution in [0.3, 0.4) is 0 Å². The summed E-state index contributed by atoms with van der Waals surface area (Å²) in [4.78, 5) is 11.9. The van der Waals surface area contributed by atoms with Gasteiger partial charge >= 0.3 is 6.36 Å². The van der Waals surface area contributed by atoms with Crippen molar-refractivity contribution in [3.63, 3.8) is 0 Å². The molecule has 2 rings (SSSR count). The molecule has 1 aliphatic rings. The van der Waals surface area contributed by atoms with Crippen LogP contribution < -0.4 is 15.4 Å². The van der Waals surface area contributed by atoms with Crippen LogP contribution in [0.5, 0.6) is 5.75 Å². The number of carbonyl (C=O) groups excluding carboxylic acids is 1. The molecule has 1 amide bonds. The quantitative estimate of drug-likeness (QED) is 0.890. The van der Waals surface area contributed by atoms with Crippen LogP contribution in [0.15, 0.2) is 24.3 Å². The van der Waals surface area contributed by atoms with Crippen LogP contribution in [0, 0.1) is 0 Å². The Bertz CT molecular complexity index is 473. The molecule has 0 bridgehead atoms. The third kappa shape index (κ3) is 5.47. The van der Waals surface area contributed by atoms with Crippen LogP contribution in [0.25, 0.3) is 0 Å². The van der Waals surface area contributed by atoms with Crippen LogP contribution in [0.2, 0.25) is 0 Å². The van der Waals surface area contributed by atoms with Gasteiger partial charge in [-0.05, 0) is 17.7 Å². The van der Waals surface area contributed by atoms with E-state index in [1.165, 1.54) is 24.3 Å². The van der Waals surface area contributed by atoms with Crippen molar-refractivity contribution in [1.29, 1.82) is 0 Å². The molecule has 0 saturated carbocycles. The zero-order chi connectivity index (χ0) is 15.3. The highest BCUT2D eigenvalue weighted by atomic mass is 32.2. The van der Waals surface area contributed by atoms with Gasteiger partial charge in [0.25, 0.3) is 0 Å². The molecule has 0 aromatic heterocycles. The summed E-state index contributed by atoms with van der Waals surface area (Å²) in [5, 5.41) is 5.87. The minimum Gasteiger partial charge on any atom is -0.406 e. The maximum atomic E-state index is 12.0. The van der Waals surface area contributed by atoms with Crippen molar-refractivity contribution < 1.29 is 22.7 Å². The molecule has 116 valence electrons. The van der Waals surface area contributed by atoms with Crippen molar-refractivity contribution in [2.24, 2.45) is 0 Å². The summed E-state index contributed by atoms with van der Waals surface area (Å²) >= 11 is 1.71. The lowest BCUT2D eigenvalue weighted by molar-refractivity contribution is -0.274. The molecule has 4 nitrogen and oxygen atoms in total. The number of rotatable bonds is 4. The lowest BCUT2D eigenvalue weighted by atomic mass is 10.2. The van der Waals surface area contributed by atoms with Crippen molar-refractivity contribution >= 4 is 17.7 Å². The Labute approximate surface area is 124 Å². The summed E-state index contributed by atoms with van der Waals surface area (Å²) in [5.41, 5.74) is 0.710. The fraction of sp³-hybridized carbons (Fsp3) is 0.462. The van der Waals surface area contributed by atoms with E-state index in [2.05, 4.69) is 15.4 Å². The first kappa shape index (κ1) is 16.0. The number of amides is 1. The van der Waals surface area contributed by atoms with Crippen LogP contribution >= 0.6 is 11.8 Å². The van der Waals surface area contributed by atoms with Gasteiger partial charge in [-0.25, -0.2) is 0 Å². The predicted molar refractivity (Wildman–Crippen MR) is 74.1 cm³/mol. The molecule has 0 radical (unpaired) electrons. The van der Waals surface area contributed by atoms with Gasteiger partial charge in [0.1, 0.15) is 5.75 Å². The molecule has 21 heavy (non-hydrogen) atoms. The molecule has 1 unspecified atom stereocenters. The summed E-state index contributed by atoms with van der Waals surface area (Å²) in [6, 6.07) is 5.22. The standard InChI is InChI=1S/C13H15F3N2O2S/c14-13(15,16)20-10-3-1-9(2-4-10)7-18-12(19)11-8-21-6-5-17-11/h1-4,11,17H,5-8H2,(H,18,19). The Hall–Kier alpha value is -1.41. The van der Waals surface area contributed by atoms with E-state index in [1.807, 2.05) is 0 Å². The molecule has 1 saturated heterocycles. The number of halogens is 3. The van der Waals surface area contributed by atoms with Gasteiger partial charge < -0.3 is 15.4 Å². The molecule has 8 heteroatoms. The van der Waals surface area contributed by atoms with E-state index in [4.69, 9.17) is 0 Å². The number of thioether (sulfide) groups is 1. The monoisotopic (exact) mass is 320 g/mol. The Morgan fingerprint density at radius 1 is 1.38 bits per heavy atom. The van der Waals surface area contributed by atoms with Gasteiger partial charge in [0.15, 0.2) is 0 Å². The van der Waals surface area contributed by atoms with Gasteiger partial charge in [-0.1, -0.05) is 12.1 Å². The third-order valence-corrected chi connectivity index (χ3v) is 3.92. The molecule has 2 N–H and O–H groups in total. The Kier molecular flexibility index (Phi) is 5.35. The Balaban J connectivity index is 1.81. The van der Waals surface area contributed by atoms with Gasteiger partial charge in [0, 0.05) is 24.6 Å². The fourth-order valence-electron chi connectivity index (χ4n) is 1.86. The Morgan fingerprint density at radius 2 is 2.10 bits per heavy atom. The van der Waals surface area contributed by atoms with Crippen molar-refractivity contribution in [1.82, 2.24) is 10.6 Å². The second-order valence-corrected chi connectivity index (χ2v) is 5.64. The number of hydrogen-bond donors (Lipinski definition) is 2. The second kappa shape index (κ2) is 7.04. The first-order valence-electron chi connectivity index (χ1n) is 6.37. The van der Waals surface area contributed by atoms with E-state index in [-0.39, 0.29) is 24.2 Å². The van der Waals surface area contributed by atoms with E-state index >= 15 is 0 Å². The van der Waals surface area contributed by atoms with E-state index in [1.54, 1.807) is 11.8 Å². The second-order valence-electron chi connectivity index (χ2n) is 4.49. The normalized spacial score (nSPS) is 19.1. The number of hydrogen-bond acceptors (Lipinski definition) is 4. The summed E-state index contributed by atoms with van der Waals surface area (Å²) in [5.74, 6) is 1.34. The van der Waals surface area contributed by atoms with Crippen LogP contribution in [-0.4, -0.2) is 36.4 Å². The van der Waals surface area contributed by atoms with Gasteiger partial charge in [0.05, 0.1) is 6.04 Å². The highest BCUT2D eigenvalue weighted by Crippen LogP contribution is 2.22. The summed E-state index contributed by atoms with van der Waals surface area (Å²) in [7, 11) is 0. The lowest BCUT2D eigenvalue weighted by Gasteiger charge is -2.22. The van der Waals surface area contributed by atoms with Crippen LogP contribution in [0.1, 0.15) is 5.56 Å². The maximum absolute atomic E-state index is 12.0. The zero-order valence-electron chi connectivity index (χ0n) is 11.1. The topological polar surface area (TPSA) is 50.4 Å². The molecule has 1 aromatic rings. The third-order valence-electron chi connectivity index (χ3n) is 2.86. The van der Waals surface area contributed by atoms with E-state index < -0.39 is 6.36 Å². The van der Waals surface area contributed by atoms with Crippen LogP contribution in [-0.2, 0) is 11.3 Å². The first-order valence-corrected chi connectivity index (χ1v) is 7.53. The van der Waals surface area contributed by atoms with Crippen LogP contribution in [0.4, 0.5) is 13.2 Å². The number of benzene rings is 1. The molecule has 0 spiro atoms. The minimum atomic E-state index is -4.69. The lowest BCUT2D eigenvalue weighted by Crippen LogP contribution is -2.48. The maximum Gasteiger partial charge on any atom is 0.573 e. The number of ether oxygens (including phenoxy) is 1. The Morgan fingerprint density at radius 3 is 2.67 bits per heavy atom. The molecule has 1 aliphatic heterocycles. The molecule has 1 fully saturated rings. The van der Waals surface area contributed by atoms with Crippen molar-refractivity contribution in [3.05, 3.63) is 29.8 Å². The van der Waals surface area contributed by atoms with Gasteiger partial charge in [-0.15, -0.1) is 13.2 Å². The average molecular weight is 320 g/mol. The minimum absolute atomic E-state index is 0.0992. The summed E-state index contributed by atoms with van der Waals surface area (Å²) in [6.45, 7) is 1.07. The molecule has 0 aliphatic carbocycles.